The zero-order chi connectivity index (χ0) is 15.6. The highest BCUT2D eigenvalue weighted by Crippen LogP contribution is 2.41. The van der Waals surface area contributed by atoms with Gasteiger partial charge in [-0.25, -0.2) is 0 Å². The Morgan fingerprint density at radius 3 is 2.48 bits per heavy atom. The van der Waals surface area contributed by atoms with Crippen LogP contribution in [0, 0.1) is 0 Å². The number of benzene rings is 1. The van der Waals surface area contributed by atoms with Crippen LogP contribution in [-0.4, -0.2) is 29.7 Å². The first-order chi connectivity index (χ1) is 10.0. The van der Waals surface area contributed by atoms with Crippen molar-refractivity contribution in [2.24, 2.45) is 0 Å². The van der Waals surface area contributed by atoms with E-state index in [-0.39, 0.29) is 17.6 Å². The number of ketones is 1. The van der Waals surface area contributed by atoms with E-state index in [4.69, 9.17) is 16.3 Å². The van der Waals surface area contributed by atoms with E-state index in [0.29, 0.717) is 36.4 Å². The van der Waals surface area contributed by atoms with E-state index in [1.165, 1.54) is 0 Å². The van der Waals surface area contributed by atoms with E-state index in [2.05, 4.69) is 0 Å². The standard InChI is InChI=1S/C16H20ClNO3/c1-4-16(5-2)15(20)18(6-3)12-9-11(13(19)10-17)7-8-14(12)21-16/h7-9H,4-6,10H2,1-3H3. The number of carbonyl (C=O) groups is 2. The van der Waals surface area contributed by atoms with Crippen LogP contribution in [0.3, 0.4) is 0 Å². The minimum Gasteiger partial charge on any atom is -0.475 e. The molecule has 114 valence electrons. The van der Waals surface area contributed by atoms with Gasteiger partial charge in [-0.3, -0.25) is 9.59 Å². The second kappa shape index (κ2) is 6.06. The second-order valence-electron chi connectivity index (χ2n) is 5.09. The predicted octanol–water partition coefficient (Wildman–Crippen LogP) is 3.41. The highest BCUT2D eigenvalue weighted by molar-refractivity contribution is 6.30. The van der Waals surface area contributed by atoms with Crippen molar-refractivity contribution < 1.29 is 14.3 Å². The van der Waals surface area contributed by atoms with Crippen molar-refractivity contribution in [1.29, 1.82) is 0 Å². The summed E-state index contributed by atoms with van der Waals surface area (Å²) in [5.74, 6) is 0.364. The SMILES string of the molecule is CCN1C(=O)C(CC)(CC)Oc2ccc(C(=O)CCl)cc21. The van der Waals surface area contributed by atoms with E-state index in [9.17, 15) is 9.59 Å². The Bertz CT molecular complexity index is 567. The fourth-order valence-electron chi connectivity index (χ4n) is 2.69. The lowest BCUT2D eigenvalue weighted by molar-refractivity contribution is -0.136. The monoisotopic (exact) mass is 309 g/mol. The number of alkyl halides is 1. The molecule has 0 fully saturated rings. The average molecular weight is 310 g/mol. The van der Waals surface area contributed by atoms with Crippen molar-refractivity contribution >= 4 is 29.0 Å². The van der Waals surface area contributed by atoms with Crippen LogP contribution in [-0.2, 0) is 4.79 Å². The van der Waals surface area contributed by atoms with Gasteiger partial charge in [-0.1, -0.05) is 13.8 Å². The molecule has 0 atom stereocenters. The first-order valence-electron chi connectivity index (χ1n) is 7.27. The molecule has 0 spiro atoms. The summed E-state index contributed by atoms with van der Waals surface area (Å²) in [4.78, 5) is 26.2. The van der Waals surface area contributed by atoms with Crippen molar-refractivity contribution in [2.45, 2.75) is 39.2 Å². The zero-order valence-electron chi connectivity index (χ0n) is 12.6. The molecule has 21 heavy (non-hydrogen) atoms. The highest BCUT2D eigenvalue weighted by atomic mass is 35.5. The molecule has 0 unspecified atom stereocenters. The second-order valence-corrected chi connectivity index (χ2v) is 5.36. The number of hydrogen-bond donors (Lipinski definition) is 0. The topological polar surface area (TPSA) is 46.6 Å². The molecule has 0 N–H and O–H groups in total. The van der Waals surface area contributed by atoms with Gasteiger partial charge < -0.3 is 9.64 Å². The number of likely N-dealkylation sites (N-methyl/N-ethyl adjacent to an activating group) is 1. The number of Topliss-reactive ketones (excluding diaryl/α,β-unsaturated/α-hetero) is 1. The van der Waals surface area contributed by atoms with E-state index in [0.717, 1.165) is 0 Å². The molecule has 4 nitrogen and oxygen atoms in total. The van der Waals surface area contributed by atoms with Gasteiger partial charge >= 0.3 is 0 Å². The zero-order valence-corrected chi connectivity index (χ0v) is 13.4. The van der Waals surface area contributed by atoms with Gasteiger partial charge in [0.2, 0.25) is 0 Å². The third-order valence-electron chi connectivity index (χ3n) is 4.09. The fraction of sp³-hybridized carbons (Fsp3) is 0.500. The van der Waals surface area contributed by atoms with Crippen LogP contribution in [0.2, 0.25) is 0 Å². The lowest BCUT2D eigenvalue weighted by Crippen LogP contribution is -2.55. The number of amides is 1. The third kappa shape index (κ3) is 2.53. The molecule has 1 aromatic rings. The number of carbonyl (C=O) groups excluding carboxylic acids is 2. The number of anilines is 1. The van der Waals surface area contributed by atoms with E-state index < -0.39 is 5.60 Å². The Morgan fingerprint density at radius 1 is 1.29 bits per heavy atom. The molecule has 0 radical (unpaired) electrons. The van der Waals surface area contributed by atoms with Crippen LogP contribution in [0.4, 0.5) is 5.69 Å². The molecule has 1 aliphatic heterocycles. The molecule has 1 aliphatic rings. The van der Waals surface area contributed by atoms with Gasteiger partial charge in [-0.15, -0.1) is 11.6 Å². The van der Waals surface area contributed by atoms with Gasteiger partial charge in [0.05, 0.1) is 11.6 Å². The molecule has 0 saturated heterocycles. The first kappa shape index (κ1) is 15.8. The van der Waals surface area contributed by atoms with Gasteiger partial charge in [-0.05, 0) is 38.0 Å². The number of hydrogen-bond acceptors (Lipinski definition) is 3. The molecule has 5 heteroatoms. The van der Waals surface area contributed by atoms with Gasteiger partial charge in [0.1, 0.15) is 5.75 Å². The number of ether oxygens (including phenoxy) is 1. The number of halogens is 1. The van der Waals surface area contributed by atoms with Crippen molar-refractivity contribution in [3.63, 3.8) is 0 Å². The van der Waals surface area contributed by atoms with E-state index in [1.807, 2.05) is 20.8 Å². The quantitative estimate of drug-likeness (QED) is 0.618. The fourth-order valence-corrected chi connectivity index (χ4v) is 2.84. The van der Waals surface area contributed by atoms with Crippen molar-refractivity contribution in [2.75, 3.05) is 17.3 Å². The van der Waals surface area contributed by atoms with Gasteiger partial charge in [-0.2, -0.15) is 0 Å². The van der Waals surface area contributed by atoms with Gasteiger partial charge in [0.15, 0.2) is 11.4 Å². The van der Waals surface area contributed by atoms with Crippen molar-refractivity contribution in [1.82, 2.24) is 0 Å². The summed E-state index contributed by atoms with van der Waals surface area (Å²) in [5.41, 5.74) is 0.344. The number of fused-ring (bicyclic) bond motifs is 1. The first-order valence-corrected chi connectivity index (χ1v) is 7.80. The van der Waals surface area contributed by atoms with Crippen molar-refractivity contribution in [3.05, 3.63) is 23.8 Å². The Labute approximate surface area is 130 Å². The van der Waals surface area contributed by atoms with Gasteiger partial charge in [0.25, 0.3) is 5.91 Å². The maximum absolute atomic E-state index is 12.7. The third-order valence-corrected chi connectivity index (χ3v) is 4.33. The molecule has 1 heterocycles. The summed E-state index contributed by atoms with van der Waals surface area (Å²) < 4.78 is 6.00. The molecule has 0 aromatic heterocycles. The molecular weight excluding hydrogens is 290 g/mol. The lowest BCUT2D eigenvalue weighted by Gasteiger charge is -2.41. The average Bonchev–Trinajstić information content (AvgIpc) is 2.53. The van der Waals surface area contributed by atoms with Crippen LogP contribution >= 0.6 is 11.6 Å². The molecular formula is C16H20ClNO3. The minimum absolute atomic E-state index is 0.0435. The molecule has 1 aromatic carbocycles. The summed E-state index contributed by atoms with van der Waals surface area (Å²) >= 11 is 5.60. The predicted molar refractivity (Wildman–Crippen MR) is 83.5 cm³/mol. The summed E-state index contributed by atoms with van der Waals surface area (Å²) in [6.45, 7) is 6.35. The Balaban J connectivity index is 2.53. The summed E-state index contributed by atoms with van der Waals surface area (Å²) in [5, 5.41) is 0. The van der Waals surface area contributed by atoms with Crippen LogP contribution in [0.15, 0.2) is 18.2 Å². The number of rotatable bonds is 5. The summed E-state index contributed by atoms with van der Waals surface area (Å²) in [6.07, 6.45) is 1.22. The summed E-state index contributed by atoms with van der Waals surface area (Å²) in [7, 11) is 0. The van der Waals surface area contributed by atoms with Crippen LogP contribution in [0.1, 0.15) is 44.0 Å². The minimum atomic E-state index is -0.805. The van der Waals surface area contributed by atoms with Gasteiger partial charge in [0, 0.05) is 12.1 Å². The van der Waals surface area contributed by atoms with Crippen LogP contribution < -0.4 is 9.64 Å². The van der Waals surface area contributed by atoms with Crippen LogP contribution in [0.5, 0.6) is 5.75 Å². The Morgan fingerprint density at radius 2 is 1.95 bits per heavy atom. The molecule has 2 rings (SSSR count). The number of nitrogens with zero attached hydrogens (tertiary/aromatic N) is 1. The molecule has 0 saturated carbocycles. The van der Waals surface area contributed by atoms with E-state index >= 15 is 0 Å². The Kier molecular flexibility index (Phi) is 4.57. The maximum Gasteiger partial charge on any atom is 0.271 e. The highest BCUT2D eigenvalue weighted by Gasteiger charge is 2.45. The molecule has 0 aliphatic carbocycles. The smallest absolute Gasteiger partial charge is 0.271 e. The van der Waals surface area contributed by atoms with Crippen LogP contribution in [0.25, 0.3) is 0 Å². The molecule has 1 amide bonds. The molecule has 0 bridgehead atoms. The maximum atomic E-state index is 12.7. The van der Waals surface area contributed by atoms with E-state index in [1.54, 1.807) is 23.1 Å². The Hall–Kier alpha value is -1.55. The lowest BCUT2D eigenvalue weighted by atomic mass is 9.92. The summed E-state index contributed by atoms with van der Waals surface area (Å²) in [6, 6.07) is 5.14. The normalized spacial score (nSPS) is 16.4. The van der Waals surface area contributed by atoms with Crippen molar-refractivity contribution in [3.8, 4) is 5.75 Å². The largest absolute Gasteiger partial charge is 0.475 e.